The Morgan fingerprint density at radius 1 is 1.15 bits per heavy atom. The first-order chi connectivity index (χ1) is 16.4. The zero-order valence-electron chi connectivity index (χ0n) is 19.6. The van der Waals surface area contributed by atoms with E-state index < -0.39 is 10.0 Å². The number of pyridine rings is 1. The van der Waals surface area contributed by atoms with Gasteiger partial charge in [0.05, 0.1) is 30.1 Å². The maximum atomic E-state index is 11.9. The second kappa shape index (κ2) is 10.0. The molecule has 0 unspecified atom stereocenters. The van der Waals surface area contributed by atoms with Crippen LogP contribution in [0.3, 0.4) is 0 Å². The van der Waals surface area contributed by atoms with Gasteiger partial charge in [0, 0.05) is 31.3 Å². The van der Waals surface area contributed by atoms with Gasteiger partial charge in [-0.2, -0.15) is 5.10 Å². The third-order valence-electron chi connectivity index (χ3n) is 7.23. The van der Waals surface area contributed by atoms with Gasteiger partial charge in [-0.3, -0.25) is 5.10 Å². The highest BCUT2D eigenvalue weighted by Gasteiger charge is 2.33. The normalized spacial score (nSPS) is 26.1. The molecule has 5 rings (SSSR count). The number of H-pyrrole nitrogens is 1. The summed E-state index contributed by atoms with van der Waals surface area (Å²) < 4.78 is 33.1. The van der Waals surface area contributed by atoms with E-state index in [0.29, 0.717) is 31.4 Å². The van der Waals surface area contributed by atoms with E-state index in [1.807, 2.05) is 24.4 Å². The lowest BCUT2D eigenvalue weighted by atomic mass is 9.79. The molecule has 0 radical (unpaired) electrons. The molecule has 9 heteroatoms. The van der Waals surface area contributed by atoms with Crippen LogP contribution < -0.4 is 9.62 Å². The first-order valence-electron chi connectivity index (χ1n) is 12.1. The molecule has 8 nitrogen and oxygen atoms in total. The molecule has 1 aliphatic heterocycles. The minimum atomic E-state index is -3.30. The molecule has 0 spiro atoms. The van der Waals surface area contributed by atoms with Crippen molar-refractivity contribution in [3.05, 3.63) is 54.4 Å². The van der Waals surface area contributed by atoms with Crippen molar-refractivity contribution in [1.29, 1.82) is 0 Å². The van der Waals surface area contributed by atoms with Crippen LogP contribution >= 0.6 is 0 Å². The molecule has 2 aromatic heterocycles. The van der Waals surface area contributed by atoms with E-state index in [4.69, 9.17) is 4.74 Å². The fourth-order valence-corrected chi connectivity index (χ4v) is 6.20. The molecule has 34 heavy (non-hydrogen) atoms. The molecule has 1 aromatic carbocycles. The van der Waals surface area contributed by atoms with Gasteiger partial charge in [-0.15, -0.1) is 0 Å². The Balaban J connectivity index is 1.18. The second-order valence-corrected chi connectivity index (χ2v) is 11.5. The average Bonchev–Trinajstić information content (AvgIpc) is 3.31. The Hall–Kier alpha value is -2.49. The van der Waals surface area contributed by atoms with E-state index >= 15 is 0 Å². The Morgan fingerprint density at radius 3 is 2.76 bits per heavy atom. The lowest BCUT2D eigenvalue weighted by molar-refractivity contribution is -0.00128. The molecule has 182 valence electrons. The molecule has 0 amide bonds. The van der Waals surface area contributed by atoms with Crippen LogP contribution in [0.5, 0.6) is 0 Å². The minimum absolute atomic E-state index is 0.202. The third-order valence-corrected chi connectivity index (χ3v) is 7.96. The standard InChI is InChI=1S/C25H33N5O3S/c1-34(31,32)29-23-11-13-30(25-4-2-3-12-26-25)16-24(23)33-17-18-5-7-19(8-6-18)20-9-10-22-21(14-20)15-27-28-22/h2-4,9-10,12,14-15,18-19,23-24,29H,5-8,11,13,16-17H2,1H3,(H,27,28)/t18?,19?,23-,24+/m0/s1. The van der Waals surface area contributed by atoms with Gasteiger partial charge in [0.25, 0.3) is 0 Å². The summed E-state index contributed by atoms with van der Waals surface area (Å²) in [5, 5.41) is 8.32. The predicted octanol–water partition coefficient (Wildman–Crippen LogP) is 3.45. The van der Waals surface area contributed by atoms with Gasteiger partial charge in [-0.25, -0.2) is 18.1 Å². The van der Waals surface area contributed by atoms with E-state index in [0.717, 1.165) is 43.6 Å². The van der Waals surface area contributed by atoms with E-state index in [1.54, 1.807) is 6.20 Å². The number of rotatable bonds is 7. The molecule has 2 aliphatic rings. The van der Waals surface area contributed by atoms with Crippen LogP contribution in [0.25, 0.3) is 10.9 Å². The topological polar surface area (TPSA) is 100 Å². The lowest BCUT2D eigenvalue weighted by Crippen LogP contribution is -2.55. The summed E-state index contributed by atoms with van der Waals surface area (Å²) in [7, 11) is -3.30. The van der Waals surface area contributed by atoms with Gasteiger partial charge >= 0.3 is 0 Å². The monoisotopic (exact) mass is 483 g/mol. The summed E-state index contributed by atoms with van der Waals surface area (Å²) in [6.45, 7) is 2.04. The largest absolute Gasteiger partial charge is 0.374 e. The van der Waals surface area contributed by atoms with Gasteiger partial charge in [0.15, 0.2) is 0 Å². The molecule has 1 saturated carbocycles. The fraction of sp³-hybridized carbons (Fsp3) is 0.520. The van der Waals surface area contributed by atoms with Crippen LogP contribution in [-0.4, -0.2) is 61.7 Å². The van der Waals surface area contributed by atoms with Crippen molar-refractivity contribution in [2.24, 2.45) is 5.92 Å². The summed E-state index contributed by atoms with van der Waals surface area (Å²) in [6.07, 6.45) is 9.91. The average molecular weight is 484 g/mol. The summed E-state index contributed by atoms with van der Waals surface area (Å²) in [6, 6.07) is 12.3. The number of hydrogen-bond acceptors (Lipinski definition) is 6. The SMILES string of the molecule is CS(=O)(=O)N[C@H]1CCN(c2ccccn2)C[C@H]1OCC1CCC(c2ccc3[nH]ncc3c2)CC1. The van der Waals surface area contributed by atoms with E-state index in [1.165, 1.54) is 17.2 Å². The first kappa shape index (κ1) is 23.3. The Kier molecular flexibility index (Phi) is 6.85. The summed E-state index contributed by atoms with van der Waals surface area (Å²) in [5.41, 5.74) is 2.47. The molecule has 1 aliphatic carbocycles. The zero-order valence-corrected chi connectivity index (χ0v) is 20.4. The fourth-order valence-electron chi connectivity index (χ4n) is 5.38. The van der Waals surface area contributed by atoms with E-state index in [2.05, 4.69) is 43.0 Å². The number of hydrogen-bond donors (Lipinski definition) is 2. The highest BCUT2D eigenvalue weighted by molar-refractivity contribution is 7.88. The van der Waals surface area contributed by atoms with Crippen LogP contribution in [-0.2, 0) is 14.8 Å². The molecule has 3 aromatic rings. The number of aromatic nitrogens is 3. The minimum Gasteiger partial charge on any atom is -0.374 e. The third kappa shape index (κ3) is 5.59. The molecule has 2 atom stereocenters. The highest BCUT2D eigenvalue weighted by Crippen LogP contribution is 2.37. The number of nitrogens with zero attached hydrogens (tertiary/aromatic N) is 3. The van der Waals surface area contributed by atoms with Crippen LogP contribution in [0.1, 0.15) is 43.6 Å². The zero-order chi connectivity index (χ0) is 23.5. The van der Waals surface area contributed by atoms with Crippen LogP contribution in [0.2, 0.25) is 0 Å². The van der Waals surface area contributed by atoms with Crippen molar-refractivity contribution in [2.75, 3.05) is 30.9 Å². The number of piperidine rings is 1. The Labute approximate surface area is 201 Å². The summed E-state index contributed by atoms with van der Waals surface area (Å²) >= 11 is 0. The second-order valence-electron chi connectivity index (χ2n) is 9.73. The van der Waals surface area contributed by atoms with E-state index in [-0.39, 0.29) is 12.1 Å². The maximum Gasteiger partial charge on any atom is 0.209 e. The number of nitrogens with one attached hydrogen (secondary N) is 2. The number of sulfonamides is 1. The van der Waals surface area contributed by atoms with Crippen molar-refractivity contribution in [3.8, 4) is 0 Å². The number of benzene rings is 1. The molecule has 2 N–H and O–H groups in total. The lowest BCUT2D eigenvalue weighted by Gasteiger charge is -2.40. The summed E-state index contributed by atoms with van der Waals surface area (Å²) in [5.74, 6) is 1.98. The van der Waals surface area contributed by atoms with Gasteiger partial charge in [0.1, 0.15) is 5.82 Å². The van der Waals surface area contributed by atoms with Crippen LogP contribution in [0.15, 0.2) is 48.8 Å². The van der Waals surface area contributed by atoms with Crippen molar-refractivity contribution < 1.29 is 13.2 Å². The smallest absolute Gasteiger partial charge is 0.209 e. The molecule has 1 saturated heterocycles. The molecule has 2 fully saturated rings. The van der Waals surface area contributed by atoms with Gasteiger partial charge in [-0.1, -0.05) is 12.1 Å². The Bertz CT molecular complexity index is 1190. The van der Waals surface area contributed by atoms with Crippen LogP contribution in [0.4, 0.5) is 5.82 Å². The number of fused-ring (bicyclic) bond motifs is 1. The van der Waals surface area contributed by atoms with E-state index in [9.17, 15) is 8.42 Å². The van der Waals surface area contributed by atoms with Crippen molar-refractivity contribution in [3.63, 3.8) is 0 Å². The quantitative estimate of drug-likeness (QED) is 0.534. The van der Waals surface area contributed by atoms with Crippen molar-refractivity contribution >= 4 is 26.7 Å². The summed E-state index contributed by atoms with van der Waals surface area (Å²) in [4.78, 5) is 6.65. The van der Waals surface area contributed by atoms with Crippen molar-refractivity contribution in [2.45, 2.75) is 50.2 Å². The number of anilines is 1. The predicted molar refractivity (Wildman–Crippen MR) is 133 cm³/mol. The number of aromatic amines is 1. The first-order valence-corrected chi connectivity index (χ1v) is 14.0. The van der Waals surface area contributed by atoms with Crippen LogP contribution in [0, 0.1) is 5.92 Å². The molecular weight excluding hydrogens is 450 g/mol. The molecule has 3 heterocycles. The Morgan fingerprint density at radius 2 is 2.00 bits per heavy atom. The maximum absolute atomic E-state index is 11.9. The highest BCUT2D eigenvalue weighted by atomic mass is 32.2. The van der Waals surface area contributed by atoms with Gasteiger partial charge < -0.3 is 9.64 Å². The van der Waals surface area contributed by atoms with Gasteiger partial charge in [-0.05, 0) is 73.8 Å². The molecular formula is C25H33N5O3S. The van der Waals surface area contributed by atoms with Gasteiger partial charge in [0.2, 0.25) is 10.0 Å². The number of ether oxygens (including phenoxy) is 1. The molecule has 0 bridgehead atoms. The van der Waals surface area contributed by atoms with Crippen molar-refractivity contribution in [1.82, 2.24) is 19.9 Å².